The highest BCUT2D eigenvalue weighted by atomic mass is 16.2. The summed E-state index contributed by atoms with van der Waals surface area (Å²) < 4.78 is 1.34. The number of aromatic amines is 1. The molecule has 0 fully saturated rings. The Bertz CT molecular complexity index is 1140. The Balaban J connectivity index is 1.48. The average molecular weight is 346 g/mol. The summed E-state index contributed by atoms with van der Waals surface area (Å²) in [5, 5.41) is 4.46. The minimum Gasteiger partial charge on any atom is -0.357 e. The molecule has 0 radical (unpaired) electrons. The zero-order valence-corrected chi connectivity index (χ0v) is 14.3. The maximum absolute atomic E-state index is 12.5. The second-order valence-electron chi connectivity index (χ2n) is 6.31. The van der Waals surface area contributed by atoms with Gasteiger partial charge in [-0.2, -0.15) is 0 Å². The van der Waals surface area contributed by atoms with E-state index in [4.69, 9.17) is 0 Å². The van der Waals surface area contributed by atoms with E-state index in [2.05, 4.69) is 15.3 Å². The number of hydrogen-bond acceptors (Lipinski definition) is 3. The number of H-pyrrole nitrogens is 1. The third-order valence-corrected chi connectivity index (χ3v) is 4.43. The van der Waals surface area contributed by atoms with E-state index in [-0.39, 0.29) is 18.0 Å². The lowest BCUT2D eigenvalue weighted by Crippen LogP contribution is -2.32. The van der Waals surface area contributed by atoms with Crippen LogP contribution in [-0.4, -0.2) is 20.4 Å². The van der Waals surface area contributed by atoms with E-state index in [1.165, 1.54) is 10.9 Å². The lowest BCUT2D eigenvalue weighted by molar-refractivity contribution is -0.121. The molecule has 4 rings (SSSR count). The first-order valence-corrected chi connectivity index (χ1v) is 8.40. The predicted octanol–water partition coefficient (Wildman–Crippen LogP) is 2.50. The monoisotopic (exact) mass is 346 g/mol. The fraction of sp³-hybridized carbons (Fsp3) is 0.150. The molecule has 2 aromatic heterocycles. The van der Waals surface area contributed by atoms with Crippen LogP contribution < -0.4 is 10.9 Å². The third kappa shape index (κ3) is 2.97. The molecule has 0 spiro atoms. The summed E-state index contributed by atoms with van der Waals surface area (Å²) in [5.41, 5.74) is 3.35. The Kier molecular flexibility index (Phi) is 4.01. The van der Waals surface area contributed by atoms with E-state index in [1.807, 2.05) is 49.4 Å². The van der Waals surface area contributed by atoms with Gasteiger partial charge in [0.15, 0.2) is 0 Å². The largest absolute Gasteiger partial charge is 0.357 e. The molecule has 2 aromatic carbocycles. The van der Waals surface area contributed by atoms with Crippen LogP contribution in [0.2, 0.25) is 0 Å². The summed E-state index contributed by atoms with van der Waals surface area (Å²) in [6.07, 6.45) is 1.43. The van der Waals surface area contributed by atoms with Gasteiger partial charge in [0, 0.05) is 11.2 Å². The molecule has 26 heavy (non-hydrogen) atoms. The normalized spacial score (nSPS) is 11.1. The zero-order chi connectivity index (χ0) is 18.1. The van der Waals surface area contributed by atoms with E-state index in [9.17, 15) is 9.59 Å². The summed E-state index contributed by atoms with van der Waals surface area (Å²) in [6, 6.07) is 15.4. The minimum absolute atomic E-state index is 0.0596. The predicted molar refractivity (Wildman–Crippen MR) is 101 cm³/mol. The number of para-hydroxylation sites is 2. The summed E-state index contributed by atoms with van der Waals surface area (Å²) in [5.74, 6) is -0.237. The molecule has 0 unspecified atom stereocenters. The van der Waals surface area contributed by atoms with Crippen molar-refractivity contribution in [2.75, 3.05) is 0 Å². The second-order valence-corrected chi connectivity index (χ2v) is 6.31. The van der Waals surface area contributed by atoms with Crippen molar-refractivity contribution in [1.82, 2.24) is 19.9 Å². The molecule has 130 valence electrons. The molecule has 0 aliphatic carbocycles. The van der Waals surface area contributed by atoms with Gasteiger partial charge in [0.05, 0.1) is 23.8 Å². The summed E-state index contributed by atoms with van der Waals surface area (Å²) in [6.45, 7) is 2.23. The number of hydrogen-bond donors (Lipinski definition) is 2. The van der Waals surface area contributed by atoms with Gasteiger partial charge in [-0.1, -0.05) is 30.3 Å². The molecule has 2 N–H and O–H groups in total. The van der Waals surface area contributed by atoms with Crippen LogP contribution in [0.15, 0.2) is 59.7 Å². The first-order chi connectivity index (χ1) is 12.6. The molecule has 4 aromatic rings. The zero-order valence-electron chi connectivity index (χ0n) is 14.3. The van der Waals surface area contributed by atoms with E-state index in [0.29, 0.717) is 17.4 Å². The Morgan fingerprint density at radius 3 is 2.88 bits per heavy atom. The topological polar surface area (TPSA) is 79.8 Å². The van der Waals surface area contributed by atoms with Gasteiger partial charge < -0.3 is 10.3 Å². The first-order valence-electron chi connectivity index (χ1n) is 8.40. The molecule has 0 atom stereocenters. The quantitative estimate of drug-likeness (QED) is 0.596. The van der Waals surface area contributed by atoms with E-state index < -0.39 is 0 Å². The highest BCUT2D eigenvalue weighted by molar-refractivity contribution is 5.82. The summed E-state index contributed by atoms with van der Waals surface area (Å²) >= 11 is 0. The number of rotatable bonds is 4. The molecular formula is C20H18N4O2. The van der Waals surface area contributed by atoms with Crippen molar-refractivity contribution in [3.05, 3.63) is 76.5 Å². The SMILES string of the molecule is Cc1cccc2c(=O)n(CC(=O)NCc3cc4ccccc4[nH]3)cnc12. The van der Waals surface area contributed by atoms with Gasteiger partial charge in [0.25, 0.3) is 5.56 Å². The lowest BCUT2D eigenvalue weighted by atomic mass is 10.1. The van der Waals surface area contributed by atoms with Crippen LogP contribution in [-0.2, 0) is 17.9 Å². The van der Waals surface area contributed by atoms with Crippen molar-refractivity contribution < 1.29 is 4.79 Å². The summed E-state index contributed by atoms with van der Waals surface area (Å²) in [7, 11) is 0. The lowest BCUT2D eigenvalue weighted by Gasteiger charge is -2.08. The van der Waals surface area contributed by atoms with Gasteiger partial charge in [-0.3, -0.25) is 14.2 Å². The van der Waals surface area contributed by atoms with Crippen LogP contribution in [0.25, 0.3) is 21.8 Å². The van der Waals surface area contributed by atoms with E-state index in [1.54, 1.807) is 6.07 Å². The molecule has 2 heterocycles. The molecule has 0 aliphatic heterocycles. The van der Waals surface area contributed by atoms with Gasteiger partial charge in [-0.05, 0) is 36.1 Å². The number of carbonyl (C=O) groups is 1. The van der Waals surface area contributed by atoms with E-state index in [0.717, 1.165) is 22.2 Å². The molecule has 0 aliphatic rings. The highest BCUT2D eigenvalue weighted by Crippen LogP contribution is 2.14. The summed E-state index contributed by atoms with van der Waals surface area (Å²) in [4.78, 5) is 32.4. The average Bonchev–Trinajstić information content (AvgIpc) is 3.06. The molecular weight excluding hydrogens is 328 g/mol. The number of amides is 1. The molecule has 6 nitrogen and oxygen atoms in total. The van der Waals surface area contributed by atoms with Crippen LogP contribution in [0.5, 0.6) is 0 Å². The molecule has 0 saturated carbocycles. The molecule has 0 saturated heterocycles. The van der Waals surface area contributed by atoms with Crippen LogP contribution >= 0.6 is 0 Å². The van der Waals surface area contributed by atoms with Crippen LogP contribution in [0.3, 0.4) is 0 Å². The van der Waals surface area contributed by atoms with Gasteiger partial charge in [-0.15, -0.1) is 0 Å². The first kappa shape index (κ1) is 16.1. The number of benzene rings is 2. The maximum atomic E-state index is 12.5. The third-order valence-electron chi connectivity index (χ3n) is 4.43. The van der Waals surface area contributed by atoms with Crippen molar-refractivity contribution >= 4 is 27.7 Å². The number of carbonyl (C=O) groups excluding carboxylic acids is 1. The van der Waals surface area contributed by atoms with Crippen molar-refractivity contribution in [2.24, 2.45) is 0 Å². The minimum atomic E-state index is -0.237. The van der Waals surface area contributed by atoms with Crippen molar-refractivity contribution in [3.8, 4) is 0 Å². The number of nitrogens with zero attached hydrogens (tertiary/aromatic N) is 2. The molecule has 0 bridgehead atoms. The smallest absolute Gasteiger partial charge is 0.261 e. The maximum Gasteiger partial charge on any atom is 0.261 e. The fourth-order valence-corrected chi connectivity index (χ4v) is 3.08. The Labute approximate surface area is 149 Å². The second kappa shape index (κ2) is 6.48. The Morgan fingerprint density at radius 2 is 2.04 bits per heavy atom. The molecule has 1 amide bonds. The standard InChI is InChI=1S/C20H18N4O2/c1-13-5-4-7-16-19(13)22-12-24(20(16)26)11-18(25)21-10-15-9-14-6-2-3-8-17(14)23-15/h2-9,12,23H,10-11H2,1H3,(H,21,25). The van der Waals surface area contributed by atoms with Crippen molar-refractivity contribution in [1.29, 1.82) is 0 Å². The van der Waals surface area contributed by atoms with Gasteiger partial charge >= 0.3 is 0 Å². The van der Waals surface area contributed by atoms with Gasteiger partial charge in [-0.25, -0.2) is 4.98 Å². The number of fused-ring (bicyclic) bond motifs is 2. The van der Waals surface area contributed by atoms with Crippen molar-refractivity contribution in [2.45, 2.75) is 20.0 Å². The number of nitrogens with one attached hydrogen (secondary N) is 2. The Hall–Kier alpha value is -3.41. The van der Waals surface area contributed by atoms with Crippen LogP contribution in [0.4, 0.5) is 0 Å². The molecule has 6 heteroatoms. The van der Waals surface area contributed by atoms with Gasteiger partial charge in [0.2, 0.25) is 5.91 Å². The van der Waals surface area contributed by atoms with E-state index >= 15 is 0 Å². The Morgan fingerprint density at radius 1 is 1.19 bits per heavy atom. The van der Waals surface area contributed by atoms with Crippen molar-refractivity contribution in [3.63, 3.8) is 0 Å². The highest BCUT2D eigenvalue weighted by Gasteiger charge is 2.09. The van der Waals surface area contributed by atoms with Crippen LogP contribution in [0.1, 0.15) is 11.3 Å². The van der Waals surface area contributed by atoms with Gasteiger partial charge in [0.1, 0.15) is 6.54 Å². The van der Waals surface area contributed by atoms with Crippen LogP contribution in [0, 0.1) is 6.92 Å². The number of aryl methyl sites for hydroxylation is 1. The number of aromatic nitrogens is 3. The fourth-order valence-electron chi connectivity index (χ4n) is 3.08.